The number of aryl methyl sites for hydroxylation is 1. The molecule has 0 N–H and O–H groups in total. The van der Waals surface area contributed by atoms with Crippen LogP contribution in [0.4, 0.5) is 0 Å². The van der Waals surface area contributed by atoms with E-state index in [1.807, 2.05) is 0 Å². The molecule has 4 aromatic rings. The minimum absolute atomic E-state index is 1.36. The molecular formula is C25H22Si. The molecule has 0 aliphatic rings. The maximum Gasteiger partial charge on any atom is 0.179 e. The lowest BCUT2D eigenvalue weighted by molar-refractivity contribution is 1.50. The van der Waals surface area contributed by atoms with Crippen LogP contribution in [0, 0.1) is 6.92 Å². The lowest BCUT2D eigenvalue weighted by atomic mass is 10.2. The molecule has 0 radical (unpaired) electrons. The average molecular weight is 351 g/mol. The largest absolute Gasteiger partial charge is 0.179 e. The summed E-state index contributed by atoms with van der Waals surface area (Å²) in [6.07, 6.45) is 0. The van der Waals surface area contributed by atoms with Crippen molar-refractivity contribution in [3.05, 3.63) is 121 Å². The Labute approximate surface area is 156 Å². The van der Waals surface area contributed by atoms with Gasteiger partial charge in [-0.2, -0.15) is 0 Å². The third-order valence-corrected chi connectivity index (χ3v) is 10.1. The van der Waals surface area contributed by atoms with Crippen molar-refractivity contribution in [1.82, 2.24) is 0 Å². The number of rotatable bonds is 4. The van der Waals surface area contributed by atoms with Crippen molar-refractivity contribution < 1.29 is 0 Å². The molecule has 26 heavy (non-hydrogen) atoms. The van der Waals surface area contributed by atoms with E-state index in [1.54, 1.807) is 0 Å². The topological polar surface area (TPSA) is 0 Å². The van der Waals surface area contributed by atoms with Crippen molar-refractivity contribution in [2.75, 3.05) is 0 Å². The maximum absolute atomic E-state index is 2.34. The van der Waals surface area contributed by atoms with Gasteiger partial charge in [0.1, 0.15) is 0 Å². The number of hydrogen-bond acceptors (Lipinski definition) is 0. The molecule has 0 amide bonds. The van der Waals surface area contributed by atoms with E-state index in [0.29, 0.717) is 0 Å². The van der Waals surface area contributed by atoms with Gasteiger partial charge in [0.05, 0.1) is 0 Å². The Hall–Kier alpha value is -2.90. The Balaban J connectivity index is 2.17. The smallest absolute Gasteiger partial charge is 0.0623 e. The molecule has 0 fully saturated rings. The summed E-state index contributed by atoms with van der Waals surface area (Å²) < 4.78 is 0. The summed E-state index contributed by atoms with van der Waals surface area (Å²) >= 11 is 0. The third kappa shape index (κ3) is 2.71. The molecule has 0 aliphatic carbocycles. The van der Waals surface area contributed by atoms with Gasteiger partial charge in [0.2, 0.25) is 0 Å². The fraction of sp³-hybridized carbons (Fsp3) is 0.0400. The van der Waals surface area contributed by atoms with Gasteiger partial charge in [-0.3, -0.25) is 0 Å². The molecule has 1 heteroatoms. The van der Waals surface area contributed by atoms with Crippen molar-refractivity contribution in [1.29, 1.82) is 0 Å². The lowest BCUT2D eigenvalue weighted by Gasteiger charge is -2.35. The zero-order chi connectivity index (χ0) is 17.8. The van der Waals surface area contributed by atoms with Crippen LogP contribution >= 0.6 is 0 Å². The van der Waals surface area contributed by atoms with Gasteiger partial charge in [0, 0.05) is 0 Å². The van der Waals surface area contributed by atoms with Gasteiger partial charge in [-0.05, 0) is 27.7 Å². The van der Waals surface area contributed by atoms with Crippen molar-refractivity contribution in [2.24, 2.45) is 0 Å². The third-order valence-electron chi connectivity index (χ3n) is 5.17. The molecule has 0 bridgehead atoms. The molecule has 0 unspecified atom stereocenters. The first kappa shape index (κ1) is 16.6. The molecule has 0 aliphatic heterocycles. The van der Waals surface area contributed by atoms with Gasteiger partial charge in [0.25, 0.3) is 0 Å². The summed E-state index contributed by atoms with van der Waals surface area (Å²) in [7, 11) is -2.34. The minimum atomic E-state index is -2.34. The highest BCUT2D eigenvalue weighted by atomic mass is 28.3. The quantitative estimate of drug-likeness (QED) is 0.391. The summed E-state index contributed by atoms with van der Waals surface area (Å²) in [4.78, 5) is 0. The normalized spacial score (nSPS) is 11.3. The number of hydrogen-bond donors (Lipinski definition) is 0. The van der Waals surface area contributed by atoms with Crippen molar-refractivity contribution in [3.63, 3.8) is 0 Å². The Bertz CT molecular complexity index is 879. The zero-order valence-electron chi connectivity index (χ0n) is 15.0. The van der Waals surface area contributed by atoms with Crippen LogP contribution in [-0.4, -0.2) is 8.07 Å². The molecule has 0 aromatic heterocycles. The van der Waals surface area contributed by atoms with E-state index in [9.17, 15) is 0 Å². The highest BCUT2D eigenvalue weighted by Gasteiger charge is 2.41. The van der Waals surface area contributed by atoms with Crippen LogP contribution in [0.25, 0.3) is 0 Å². The van der Waals surface area contributed by atoms with Crippen molar-refractivity contribution >= 4 is 28.8 Å². The van der Waals surface area contributed by atoms with Crippen LogP contribution in [-0.2, 0) is 0 Å². The van der Waals surface area contributed by atoms with E-state index in [0.717, 1.165) is 0 Å². The second-order valence-electron chi connectivity index (χ2n) is 6.66. The fourth-order valence-corrected chi connectivity index (χ4v) is 9.06. The van der Waals surface area contributed by atoms with Gasteiger partial charge >= 0.3 is 0 Å². The van der Waals surface area contributed by atoms with Gasteiger partial charge in [-0.15, -0.1) is 0 Å². The predicted octanol–water partition coefficient (Wildman–Crippen LogP) is 3.37. The second-order valence-corrected chi connectivity index (χ2v) is 10.4. The predicted molar refractivity (Wildman–Crippen MR) is 115 cm³/mol. The first-order valence-electron chi connectivity index (χ1n) is 9.06. The van der Waals surface area contributed by atoms with Gasteiger partial charge < -0.3 is 0 Å². The van der Waals surface area contributed by atoms with Gasteiger partial charge in [0.15, 0.2) is 8.07 Å². The Kier molecular flexibility index (Phi) is 4.55. The molecule has 0 heterocycles. The SMILES string of the molecule is Cc1ccccc1[Si](c1ccccc1)(c1ccccc1)c1ccccc1. The second kappa shape index (κ2) is 7.15. The van der Waals surface area contributed by atoms with Crippen LogP contribution in [0.3, 0.4) is 0 Å². The fourth-order valence-electron chi connectivity index (χ4n) is 4.02. The van der Waals surface area contributed by atoms with Crippen LogP contribution in [0.5, 0.6) is 0 Å². The van der Waals surface area contributed by atoms with Crippen LogP contribution in [0.1, 0.15) is 5.56 Å². The van der Waals surface area contributed by atoms with E-state index in [1.165, 1.54) is 26.3 Å². The first-order chi connectivity index (χ1) is 12.8. The van der Waals surface area contributed by atoms with Crippen LogP contribution in [0.15, 0.2) is 115 Å². The van der Waals surface area contributed by atoms with E-state index in [4.69, 9.17) is 0 Å². The molecule has 0 saturated heterocycles. The monoisotopic (exact) mass is 350 g/mol. The number of benzene rings is 4. The standard InChI is InChI=1S/C25H22Si/c1-21-13-11-12-20-25(21)26(22-14-5-2-6-15-22,23-16-7-3-8-17-23)24-18-9-4-10-19-24/h2-20H,1H3. The average Bonchev–Trinajstić information content (AvgIpc) is 2.72. The highest BCUT2D eigenvalue weighted by Crippen LogP contribution is 2.11. The summed E-state index contributed by atoms with van der Waals surface area (Å²) in [5.74, 6) is 0. The molecule has 0 atom stereocenters. The maximum atomic E-state index is 2.33. The summed E-state index contributed by atoms with van der Waals surface area (Å²) in [6.45, 7) is 2.24. The summed E-state index contributed by atoms with van der Waals surface area (Å²) in [5, 5.41) is 5.73. The molecule has 0 nitrogen and oxygen atoms in total. The van der Waals surface area contributed by atoms with Crippen LogP contribution < -0.4 is 20.7 Å². The van der Waals surface area contributed by atoms with Crippen molar-refractivity contribution in [2.45, 2.75) is 6.92 Å². The van der Waals surface area contributed by atoms with Crippen LogP contribution in [0.2, 0.25) is 0 Å². The Morgan fingerprint density at radius 2 is 0.769 bits per heavy atom. The summed E-state index contributed by atoms with van der Waals surface area (Å²) in [6, 6.07) is 42.0. The van der Waals surface area contributed by atoms with E-state index in [-0.39, 0.29) is 0 Å². The molecule has 0 spiro atoms. The molecular weight excluding hydrogens is 328 g/mol. The molecule has 0 saturated carbocycles. The highest BCUT2D eigenvalue weighted by molar-refractivity contribution is 7.20. The van der Waals surface area contributed by atoms with E-state index in [2.05, 4.69) is 122 Å². The lowest BCUT2D eigenvalue weighted by Crippen LogP contribution is -2.75. The van der Waals surface area contributed by atoms with E-state index >= 15 is 0 Å². The first-order valence-corrected chi connectivity index (χ1v) is 11.1. The van der Waals surface area contributed by atoms with Gasteiger partial charge in [-0.25, -0.2) is 0 Å². The Morgan fingerprint density at radius 3 is 1.15 bits per heavy atom. The summed E-state index contributed by atoms with van der Waals surface area (Å²) in [5.41, 5.74) is 1.36. The van der Waals surface area contributed by atoms with Gasteiger partial charge in [-0.1, -0.05) is 121 Å². The Morgan fingerprint density at radius 1 is 0.423 bits per heavy atom. The molecule has 126 valence electrons. The molecule has 4 aromatic carbocycles. The molecule has 4 rings (SSSR count). The zero-order valence-corrected chi connectivity index (χ0v) is 16.0. The van der Waals surface area contributed by atoms with Crippen molar-refractivity contribution in [3.8, 4) is 0 Å². The van der Waals surface area contributed by atoms with E-state index < -0.39 is 8.07 Å². The minimum Gasteiger partial charge on any atom is -0.0623 e.